The number of hydrogen-bond donors (Lipinski definition) is 2. The summed E-state index contributed by atoms with van der Waals surface area (Å²) in [6, 6.07) is 8.57. The van der Waals surface area contributed by atoms with Crippen molar-refractivity contribution in [3.8, 4) is 0 Å². The van der Waals surface area contributed by atoms with Gasteiger partial charge in [-0.15, -0.1) is 0 Å². The average molecular weight is 289 g/mol. The third-order valence-corrected chi connectivity index (χ3v) is 3.50. The van der Waals surface area contributed by atoms with Gasteiger partial charge in [-0.1, -0.05) is 12.1 Å². The van der Waals surface area contributed by atoms with Crippen molar-refractivity contribution in [1.29, 1.82) is 0 Å². The summed E-state index contributed by atoms with van der Waals surface area (Å²) in [5.74, 6) is -1.03. The highest BCUT2D eigenvalue weighted by molar-refractivity contribution is 6.35. The van der Waals surface area contributed by atoms with Crippen LogP contribution < -0.4 is 15.5 Å². The highest BCUT2D eigenvalue weighted by Gasteiger charge is 2.25. The molecule has 2 N–H and O–H groups in total. The van der Waals surface area contributed by atoms with Crippen molar-refractivity contribution < 1.29 is 9.59 Å². The molecule has 0 spiro atoms. The van der Waals surface area contributed by atoms with Crippen LogP contribution in [0.5, 0.6) is 0 Å². The van der Waals surface area contributed by atoms with Crippen molar-refractivity contribution in [3.63, 3.8) is 0 Å². The quantitative estimate of drug-likeness (QED) is 0.608. The van der Waals surface area contributed by atoms with Crippen molar-refractivity contribution in [2.75, 3.05) is 25.5 Å². The van der Waals surface area contributed by atoms with Gasteiger partial charge in [-0.3, -0.25) is 9.59 Å². The number of hydrogen-bond acceptors (Lipinski definition) is 3. The van der Waals surface area contributed by atoms with E-state index in [9.17, 15) is 9.59 Å². The largest absolute Gasteiger partial charge is 0.378 e. The summed E-state index contributed by atoms with van der Waals surface area (Å²) in [5.41, 5.74) is 2.40. The molecule has 114 valence electrons. The number of anilines is 1. The zero-order valence-electron chi connectivity index (χ0n) is 12.7. The molecule has 2 amide bonds. The molecule has 0 unspecified atom stereocenters. The van der Waals surface area contributed by atoms with Crippen molar-refractivity contribution >= 4 is 17.5 Å². The Labute approximate surface area is 125 Å². The molecular weight excluding hydrogens is 266 g/mol. The molecule has 1 fully saturated rings. The van der Waals surface area contributed by atoms with E-state index < -0.39 is 11.8 Å². The number of nitrogens with zero attached hydrogens (tertiary/aromatic N) is 1. The molecule has 0 radical (unpaired) electrons. The maximum Gasteiger partial charge on any atom is 0.309 e. The Morgan fingerprint density at radius 1 is 1.14 bits per heavy atom. The fourth-order valence-electron chi connectivity index (χ4n) is 2.01. The Balaban J connectivity index is 1.64. The van der Waals surface area contributed by atoms with Crippen LogP contribution in [0.1, 0.15) is 24.8 Å². The lowest BCUT2D eigenvalue weighted by atomic mass is 10.1. The standard InChI is InChI=1S/C16H23N3O2/c1-19(2)14-9-5-12(6-10-14)4-3-11-17-15(20)16(21)18-13-7-8-13/h5-6,9-10,13H,3-4,7-8,11H2,1-2H3,(H,17,20)(H,18,21). The summed E-state index contributed by atoms with van der Waals surface area (Å²) in [6.45, 7) is 0.520. The van der Waals surface area contributed by atoms with Crippen molar-refractivity contribution in [2.45, 2.75) is 31.7 Å². The second-order valence-corrected chi connectivity index (χ2v) is 5.67. The van der Waals surface area contributed by atoms with Gasteiger partial charge in [-0.25, -0.2) is 0 Å². The molecule has 0 heterocycles. The number of carbonyl (C=O) groups is 2. The van der Waals surface area contributed by atoms with Gasteiger partial charge in [0.25, 0.3) is 0 Å². The predicted octanol–water partition coefficient (Wildman–Crippen LogP) is 1.08. The van der Waals surface area contributed by atoms with Crippen LogP contribution in [0.3, 0.4) is 0 Å². The molecule has 0 aromatic heterocycles. The Bertz CT molecular complexity index is 493. The van der Waals surface area contributed by atoms with E-state index in [0.717, 1.165) is 25.7 Å². The predicted molar refractivity (Wildman–Crippen MR) is 83.3 cm³/mol. The number of rotatable bonds is 6. The van der Waals surface area contributed by atoms with E-state index in [-0.39, 0.29) is 6.04 Å². The second-order valence-electron chi connectivity index (χ2n) is 5.67. The zero-order valence-corrected chi connectivity index (χ0v) is 12.7. The van der Waals surface area contributed by atoms with Gasteiger partial charge in [-0.2, -0.15) is 0 Å². The van der Waals surface area contributed by atoms with Gasteiger partial charge < -0.3 is 15.5 Å². The SMILES string of the molecule is CN(C)c1ccc(CCCNC(=O)C(=O)NC2CC2)cc1. The van der Waals surface area contributed by atoms with Crippen molar-refractivity contribution in [1.82, 2.24) is 10.6 Å². The number of carbonyl (C=O) groups excluding carboxylic acids is 2. The van der Waals surface area contributed by atoms with Crippen LogP contribution in [0.25, 0.3) is 0 Å². The molecule has 0 saturated heterocycles. The fraction of sp³-hybridized carbons (Fsp3) is 0.500. The normalized spacial score (nSPS) is 13.6. The molecular formula is C16H23N3O2. The molecule has 0 atom stereocenters. The first-order valence-corrected chi connectivity index (χ1v) is 7.41. The number of amides is 2. The lowest BCUT2D eigenvalue weighted by Gasteiger charge is -2.12. The van der Waals surface area contributed by atoms with Crippen LogP contribution in [0.2, 0.25) is 0 Å². The minimum Gasteiger partial charge on any atom is -0.378 e. The van der Waals surface area contributed by atoms with Crippen LogP contribution in [-0.4, -0.2) is 38.5 Å². The van der Waals surface area contributed by atoms with Gasteiger partial charge >= 0.3 is 11.8 Å². The van der Waals surface area contributed by atoms with E-state index in [1.54, 1.807) is 0 Å². The molecule has 1 saturated carbocycles. The van der Waals surface area contributed by atoms with E-state index in [2.05, 4.69) is 39.8 Å². The Kier molecular flexibility index (Phi) is 5.20. The van der Waals surface area contributed by atoms with E-state index in [4.69, 9.17) is 0 Å². The van der Waals surface area contributed by atoms with Crippen LogP contribution in [-0.2, 0) is 16.0 Å². The Morgan fingerprint density at radius 3 is 2.38 bits per heavy atom. The maximum absolute atomic E-state index is 11.5. The number of aryl methyl sites for hydroxylation is 1. The maximum atomic E-state index is 11.5. The van der Waals surface area contributed by atoms with Crippen molar-refractivity contribution in [3.05, 3.63) is 29.8 Å². The molecule has 21 heavy (non-hydrogen) atoms. The van der Waals surface area contributed by atoms with Gasteiger partial charge in [-0.05, 0) is 43.4 Å². The molecule has 0 aliphatic heterocycles. The number of benzene rings is 1. The third kappa shape index (κ3) is 5.10. The highest BCUT2D eigenvalue weighted by atomic mass is 16.2. The summed E-state index contributed by atoms with van der Waals surface area (Å²) < 4.78 is 0. The third-order valence-electron chi connectivity index (χ3n) is 3.50. The monoisotopic (exact) mass is 289 g/mol. The molecule has 1 aliphatic carbocycles. The first kappa shape index (κ1) is 15.4. The lowest BCUT2D eigenvalue weighted by molar-refractivity contribution is -0.139. The average Bonchev–Trinajstić information content (AvgIpc) is 3.27. The highest BCUT2D eigenvalue weighted by Crippen LogP contribution is 2.18. The first-order chi connectivity index (χ1) is 10.1. The van der Waals surface area contributed by atoms with Crippen LogP contribution in [0.4, 0.5) is 5.69 Å². The summed E-state index contributed by atoms with van der Waals surface area (Å²) >= 11 is 0. The van der Waals surface area contributed by atoms with E-state index in [1.807, 2.05) is 14.1 Å². The molecule has 0 bridgehead atoms. The molecule has 5 heteroatoms. The fourth-order valence-corrected chi connectivity index (χ4v) is 2.01. The van der Waals surface area contributed by atoms with Gasteiger partial charge in [0.1, 0.15) is 0 Å². The zero-order chi connectivity index (χ0) is 15.2. The van der Waals surface area contributed by atoms with E-state index >= 15 is 0 Å². The summed E-state index contributed by atoms with van der Waals surface area (Å²) in [4.78, 5) is 25.0. The van der Waals surface area contributed by atoms with E-state index in [1.165, 1.54) is 11.3 Å². The molecule has 1 aliphatic rings. The number of nitrogens with one attached hydrogen (secondary N) is 2. The molecule has 1 aromatic carbocycles. The smallest absolute Gasteiger partial charge is 0.309 e. The van der Waals surface area contributed by atoms with Gasteiger partial charge in [0.15, 0.2) is 0 Å². The van der Waals surface area contributed by atoms with Crippen LogP contribution >= 0.6 is 0 Å². The van der Waals surface area contributed by atoms with Crippen LogP contribution in [0, 0.1) is 0 Å². The van der Waals surface area contributed by atoms with Gasteiger partial charge in [0.2, 0.25) is 0 Å². The molecule has 2 rings (SSSR count). The molecule has 5 nitrogen and oxygen atoms in total. The van der Waals surface area contributed by atoms with Crippen molar-refractivity contribution in [2.24, 2.45) is 0 Å². The first-order valence-electron chi connectivity index (χ1n) is 7.41. The van der Waals surface area contributed by atoms with E-state index in [0.29, 0.717) is 6.54 Å². The molecule has 1 aromatic rings. The Morgan fingerprint density at radius 2 is 1.81 bits per heavy atom. The van der Waals surface area contributed by atoms with Gasteiger partial charge in [0.05, 0.1) is 0 Å². The minimum absolute atomic E-state index is 0.221. The second kappa shape index (κ2) is 7.11. The lowest BCUT2D eigenvalue weighted by Crippen LogP contribution is -2.41. The topological polar surface area (TPSA) is 61.4 Å². The van der Waals surface area contributed by atoms with Crippen LogP contribution in [0.15, 0.2) is 24.3 Å². The van der Waals surface area contributed by atoms with Gasteiger partial charge in [0, 0.05) is 32.4 Å². The summed E-state index contributed by atoms with van der Waals surface area (Å²) in [6.07, 6.45) is 3.69. The Hall–Kier alpha value is -2.04. The summed E-state index contributed by atoms with van der Waals surface area (Å²) in [7, 11) is 4.02. The summed E-state index contributed by atoms with van der Waals surface area (Å²) in [5, 5.41) is 5.33. The minimum atomic E-state index is -0.523.